The van der Waals surface area contributed by atoms with Crippen LogP contribution in [0.4, 0.5) is 0 Å². The average molecular weight is 227 g/mol. The van der Waals surface area contributed by atoms with Crippen LogP contribution in [0.1, 0.15) is 26.7 Å². The van der Waals surface area contributed by atoms with Gasteiger partial charge in [-0.2, -0.15) is 0 Å². The van der Waals surface area contributed by atoms with Crippen LogP contribution in [0.2, 0.25) is 0 Å². The van der Waals surface area contributed by atoms with Crippen LogP contribution in [-0.4, -0.2) is 62.7 Å². The molecule has 3 heteroatoms. The van der Waals surface area contributed by atoms with E-state index in [4.69, 9.17) is 0 Å². The Morgan fingerprint density at radius 2 is 2.19 bits per heavy atom. The molecule has 1 aliphatic heterocycles. The molecule has 0 bridgehead atoms. The van der Waals surface area contributed by atoms with Crippen LogP contribution in [0.3, 0.4) is 0 Å². The monoisotopic (exact) mass is 227 g/mol. The van der Waals surface area contributed by atoms with E-state index in [0.29, 0.717) is 6.04 Å². The molecule has 96 valence electrons. The lowest BCUT2D eigenvalue weighted by Gasteiger charge is -2.22. The molecule has 1 heterocycles. The molecule has 1 atom stereocenters. The molecule has 1 N–H and O–H groups in total. The van der Waals surface area contributed by atoms with Gasteiger partial charge in [0.1, 0.15) is 0 Å². The first-order valence-electron chi connectivity index (χ1n) is 6.70. The van der Waals surface area contributed by atoms with Gasteiger partial charge in [0.05, 0.1) is 0 Å². The molecule has 0 aromatic carbocycles. The summed E-state index contributed by atoms with van der Waals surface area (Å²) >= 11 is 0. The Kier molecular flexibility index (Phi) is 6.32. The van der Waals surface area contributed by atoms with Crippen molar-refractivity contribution in [1.82, 2.24) is 15.1 Å². The summed E-state index contributed by atoms with van der Waals surface area (Å²) in [5.74, 6) is 0.882. The third kappa shape index (κ3) is 4.81. The zero-order chi connectivity index (χ0) is 12.0. The molecule has 3 nitrogen and oxygen atoms in total. The van der Waals surface area contributed by atoms with Crippen LogP contribution >= 0.6 is 0 Å². The molecule has 0 saturated carbocycles. The zero-order valence-electron chi connectivity index (χ0n) is 11.5. The number of nitrogens with zero attached hydrogens (tertiary/aromatic N) is 2. The first-order valence-corrected chi connectivity index (χ1v) is 6.70. The molecule has 0 aliphatic carbocycles. The van der Waals surface area contributed by atoms with E-state index in [0.717, 1.165) is 5.92 Å². The lowest BCUT2D eigenvalue weighted by molar-refractivity contribution is 0.242. The topological polar surface area (TPSA) is 18.5 Å². The lowest BCUT2D eigenvalue weighted by Crippen LogP contribution is -2.31. The van der Waals surface area contributed by atoms with Crippen molar-refractivity contribution >= 4 is 0 Å². The number of rotatable bonds is 7. The summed E-state index contributed by atoms with van der Waals surface area (Å²) in [5, 5.41) is 3.28. The summed E-state index contributed by atoms with van der Waals surface area (Å²) in [4.78, 5) is 5.05. The first kappa shape index (κ1) is 13.9. The van der Waals surface area contributed by atoms with Gasteiger partial charge in [-0.05, 0) is 72.9 Å². The summed E-state index contributed by atoms with van der Waals surface area (Å²) in [5.41, 5.74) is 0. The van der Waals surface area contributed by atoms with Crippen LogP contribution in [0.5, 0.6) is 0 Å². The van der Waals surface area contributed by atoms with Crippen LogP contribution in [0, 0.1) is 5.92 Å². The summed E-state index contributed by atoms with van der Waals surface area (Å²) in [6.45, 7) is 10.8. The van der Waals surface area contributed by atoms with Gasteiger partial charge in [-0.3, -0.25) is 0 Å². The second-order valence-corrected chi connectivity index (χ2v) is 5.44. The van der Waals surface area contributed by atoms with Gasteiger partial charge in [0.2, 0.25) is 0 Å². The number of likely N-dealkylation sites (tertiary alicyclic amines) is 1. The summed E-state index contributed by atoms with van der Waals surface area (Å²) < 4.78 is 0. The second-order valence-electron chi connectivity index (χ2n) is 5.44. The number of nitrogens with one attached hydrogen (secondary N) is 1. The quantitative estimate of drug-likeness (QED) is 0.706. The molecule has 0 radical (unpaired) electrons. The number of hydrogen-bond acceptors (Lipinski definition) is 3. The minimum absolute atomic E-state index is 0.676. The fraction of sp³-hybridized carbons (Fsp3) is 1.00. The van der Waals surface area contributed by atoms with E-state index in [1.54, 1.807) is 0 Å². The average Bonchev–Trinajstić information content (AvgIpc) is 2.66. The normalized spacial score (nSPS) is 22.5. The van der Waals surface area contributed by atoms with E-state index >= 15 is 0 Å². The molecule has 1 unspecified atom stereocenters. The van der Waals surface area contributed by atoms with Crippen LogP contribution in [0.25, 0.3) is 0 Å². The largest absolute Gasteiger partial charge is 0.319 e. The fourth-order valence-corrected chi connectivity index (χ4v) is 2.37. The molecular weight excluding hydrogens is 198 g/mol. The molecule has 0 aromatic heterocycles. The highest BCUT2D eigenvalue weighted by molar-refractivity contribution is 4.76. The van der Waals surface area contributed by atoms with Gasteiger partial charge >= 0.3 is 0 Å². The minimum Gasteiger partial charge on any atom is -0.319 e. The Hall–Kier alpha value is -0.120. The van der Waals surface area contributed by atoms with Gasteiger partial charge in [-0.1, -0.05) is 0 Å². The molecule has 0 spiro atoms. The van der Waals surface area contributed by atoms with E-state index in [1.807, 2.05) is 0 Å². The van der Waals surface area contributed by atoms with Gasteiger partial charge in [-0.25, -0.2) is 0 Å². The maximum Gasteiger partial charge on any atom is 0.00355 e. The molecule has 0 amide bonds. The van der Waals surface area contributed by atoms with Crippen molar-refractivity contribution < 1.29 is 0 Å². The highest BCUT2D eigenvalue weighted by atomic mass is 15.2. The van der Waals surface area contributed by atoms with Crippen LogP contribution in [0.15, 0.2) is 0 Å². The predicted molar refractivity (Wildman–Crippen MR) is 70.9 cm³/mol. The minimum atomic E-state index is 0.676. The molecule has 1 rings (SSSR count). The standard InChI is InChI=1S/C13H29N3/c1-12(2)15(4)7-5-8-16-9-6-13(11-16)10-14-3/h12-14H,5-11H2,1-4H3. The van der Waals surface area contributed by atoms with Crippen LogP contribution < -0.4 is 5.32 Å². The van der Waals surface area contributed by atoms with Crippen molar-refractivity contribution in [2.45, 2.75) is 32.7 Å². The molecular formula is C13H29N3. The fourth-order valence-electron chi connectivity index (χ4n) is 2.37. The van der Waals surface area contributed by atoms with E-state index < -0.39 is 0 Å². The third-order valence-corrected chi connectivity index (χ3v) is 3.73. The highest BCUT2D eigenvalue weighted by Crippen LogP contribution is 2.15. The summed E-state index contributed by atoms with van der Waals surface area (Å²) in [6, 6.07) is 0.676. The predicted octanol–water partition coefficient (Wildman–Crippen LogP) is 1.26. The Balaban J connectivity index is 2.06. The smallest absolute Gasteiger partial charge is 0.00355 e. The van der Waals surface area contributed by atoms with Gasteiger partial charge in [0.15, 0.2) is 0 Å². The van der Waals surface area contributed by atoms with Crippen molar-refractivity contribution in [2.75, 3.05) is 46.8 Å². The van der Waals surface area contributed by atoms with Crippen molar-refractivity contribution in [2.24, 2.45) is 5.92 Å². The van der Waals surface area contributed by atoms with Gasteiger partial charge in [0, 0.05) is 12.6 Å². The van der Waals surface area contributed by atoms with Crippen molar-refractivity contribution in [3.63, 3.8) is 0 Å². The van der Waals surface area contributed by atoms with Gasteiger partial charge < -0.3 is 15.1 Å². The zero-order valence-corrected chi connectivity index (χ0v) is 11.5. The van der Waals surface area contributed by atoms with Crippen molar-refractivity contribution in [1.29, 1.82) is 0 Å². The third-order valence-electron chi connectivity index (χ3n) is 3.73. The maximum atomic E-state index is 3.28. The van der Waals surface area contributed by atoms with Crippen molar-refractivity contribution in [3.05, 3.63) is 0 Å². The summed E-state index contributed by atoms with van der Waals surface area (Å²) in [6.07, 6.45) is 2.68. The Bertz CT molecular complexity index is 182. The van der Waals surface area contributed by atoms with Gasteiger partial charge in [-0.15, -0.1) is 0 Å². The maximum absolute atomic E-state index is 3.28. The van der Waals surface area contributed by atoms with Crippen molar-refractivity contribution in [3.8, 4) is 0 Å². The Labute approximate surface area is 101 Å². The van der Waals surface area contributed by atoms with E-state index in [-0.39, 0.29) is 0 Å². The lowest BCUT2D eigenvalue weighted by atomic mass is 10.1. The van der Waals surface area contributed by atoms with E-state index in [9.17, 15) is 0 Å². The Morgan fingerprint density at radius 1 is 1.44 bits per heavy atom. The molecule has 16 heavy (non-hydrogen) atoms. The SMILES string of the molecule is CNCC1CCN(CCCN(C)C(C)C)C1. The van der Waals surface area contributed by atoms with E-state index in [1.165, 1.54) is 45.6 Å². The molecule has 1 aliphatic rings. The Morgan fingerprint density at radius 3 is 2.81 bits per heavy atom. The second kappa shape index (κ2) is 7.25. The summed E-state index contributed by atoms with van der Waals surface area (Å²) in [7, 11) is 4.28. The molecule has 1 saturated heterocycles. The van der Waals surface area contributed by atoms with Crippen LogP contribution in [-0.2, 0) is 0 Å². The van der Waals surface area contributed by atoms with Gasteiger partial charge in [0.25, 0.3) is 0 Å². The number of hydrogen-bond donors (Lipinski definition) is 1. The highest BCUT2D eigenvalue weighted by Gasteiger charge is 2.21. The molecule has 1 fully saturated rings. The first-order chi connectivity index (χ1) is 7.63. The van der Waals surface area contributed by atoms with E-state index in [2.05, 4.69) is 43.1 Å². The molecule has 0 aromatic rings.